The molecule has 1 aromatic rings. The molecule has 5 nitrogen and oxygen atoms in total. The molecule has 0 aromatic heterocycles. The standard InChI is InChI=1S/C22H35N3O2S/c1-3-28-24-20-10-7-15-25(22(26)23-18-8-5-4-6-9-18)21(20)16-27-19-13-11-17(2)12-14-19/h4-6,8-9,17,19-21,24H,3,7,10-16H2,1-2H3,(H,23,26)/t17-,19+,20?,21-/m0/s1. The van der Waals surface area contributed by atoms with Crippen LogP contribution in [0.4, 0.5) is 10.5 Å². The highest BCUT2D eigenvalue weighted by Crippen LogP contribution is 2.27. The largest absolute Gasteiger partial charge is 0.376 e. The fraction of sp³-hybridized carbons (Fsp3) is 0.682. The van der Waals surface area contributed by atoms with Crippen LogP contribution in [0.25, 0.3) is 0 Å². The molecule has 28 heavy (non-hydrogen) atoms. The monoisotopic (exact) mass is 405 g/mol. The van der Waals surface area contributed by atoms with E-state index in [0.717, 1.165) is 49.6 Å². The number of hydrogen-bond acceptors (Lipinski definition) is 4. The summed E-state index contributed by atoms with van der Waals surface area (Å²) in [4.78, 5) is 15.0. The fourth-order valence-corrected chi connectivity index (χ4v) is 4.85. The molecule has 3 rings (SSSR count). The minimum atomic E-state index is -0.0231. The summed E-state index contributed by atoms with van der Waals surface area (Å²) in [7, 11) is 0. The Morgan fingerprint density at radius 1 is 1.18 bits per heavy atom. The van der Waals surface area contributed by atoms with Gasteiger partial charge < -0.3 is 15.0 Å². The molecule has 2 atom stereocenters. The zero-order valence-electron chi connectivity index (χ0n) is 17.2. The van der Waals surface area contributed by atoms with E-state index >= 15 is 0 Å². The molecule has 156 valence electrons. The number of amides is 2. The van der Waals surface area contributed by atoms with Crippen molar-refractivity contribution in [2.45, 2.75) is 70.6 Å². The summed E-state index contributed by atoms with van der Waals surface area (Å²) in [5, 5.41) is 3.06. The van der Waals surface area contributed by atoms with Crippen LogP contribution in [-0.2, 0) is 4.74 Å². The van der Waals surface area contributed by atoms with Crippen LogP contribution in [0.15, 0.2) is 30.3 Å². The van der Waals surface area contributed by atoms with Crippen LogP contribution in [0.2, 0.25) is 0 Å². The fourth-order valence-electron chi connectivity index (χ4n) is 4.19. The van der Waals surface area contributed by atoms with E-state index in [2.05, 4.69) is 23.9 Å². The molecule has 6 heteroatoms. The van der Waals surface area contributed by atoms with Crippen LogP contribution >= 0.6 is 11.9 Å². The zero-order chi connectivity index (χ0) is 19.8. The number of carbonyl (C=O) groups excluding carboxylic acids is 1. The van der Waals surface area contributed by atoms with Gasteiger partial charge in [-0.15, -0.1) is 0 Å². The van der Waals surface area contributed by atoms with Crippen LogP contribution in [0.5, 0.6) is 0 Å². The number of rotatable bonds is 7. The Hall–Kier alpha value is -1.24. The normalized spacial score (nSPS) is 28.1. The van der Waals surface area contributed by atoms with E-state index in [1.165, 1.54) is 12.8 Å². The minimum absolute atomic E-state index is 0.0231. The Balaban J connectivity index is 1.63. The number of urea groups is 1. The van der Waals surface area contributed by atoms with Crippen LogP contribution in [-0.4, -0.2) is 48.0 Å². The van der Waals surface area contributed by atoms with Crippen LogP contribution in [0, 0.1) is 5.92 Å². The number of ether oxygens (including phenoxy) is 1. The summed E-state index contributed by atoms with van der Waals surface area (Å²) in [6.45, 7) is 5.87. The number of para-hydroxylation sites is 1. The van der Waals surface area contributed by atoms with Crippen LogP contribution in [0.3, 0.4) is 0 Å². The molecule has 1 unspecified atom stereocenters. The van der Waals surface area contributed by atoms with Gasteiger partial charge in [0.1, 0.15) is 0 Å². The smallest absolute Gasteiger partial charge is 0.322 e. The van der Waals surface area contributed by atoms with Crippen LogP contribution in [0.1, 0.15) is 52.4 Å². The number of hydrogen-bond donors (Lipinski definition) is 2. The summed E-state index contributed by atoms with van der Waals surface area (Å²) >= 11 is 1.73. The number of benzene rings is 1. The first kappa shape index (κ1) is 21.5. The van der Waals surface area contributed by atoms with E-state index in [1.807, 2.05) is 35.2 Å². The first-order chi connectivity index (χ1) is 13.7. The Kier molecular flexibility index (Phi) is 8.49. The maximum Gasteiger partial charge on any atom is 0.322 e. The van der Waals surface area contributed by atoms with Gasteiger partial charge in [-0.3, -0.25) is 4.72 Å². The van der Waals surface area contributed by atoms with Crippen molar-refractivity contribution in [2.75, 3.05) is 24.2 Å². The van der Waals surface area contributed by atoms with Gasteiger partial charge in [0, 0.05) is 24.0 Å². The Bertz CT molecular complexity index is 593. The van der Waals surface area contributed by atoms with E-state index in [4.69, 9.17) is 4.74 Å². The molecule has 0 radical (unpaired) electrons. The SMILES string of the molecule is CCSNC1CCCN(C(=O)Nc2ccccc2)[C@H]1CO[C@H]1CC[C@@H](C)CC1. The van der Waals surface area contributed by atoms with E-state index < -0.39 is 0 Å². The predicted molar refractivity (Wildman–Crippen MR) is 118 cm³/mol. The third-order valence-electron chi connectivity index (χ3n) is 5.91. The van der Waals surface area contributed by atoms with Gasteiger partial charge >= 0.3 is 6.03 Å². The first-order valence-electron chi connectivity index (χ1n) is 10.8. The molecule has 2 amide bonds. The molecule has 2 N–H and O–H groups in total. The maximum absolute atomic E-state index is 13.0. The van der Waals surface area contributed by atoms with Gasteiger partial charge in [-0.2, -0.15) is 0 Å². The summed E-state index contributed by atoms with van der Waals surface area (Å²) in [5.41, 5.74) is 0.839. The van der Waals surface area contributed by atoms with Gasteiger partial charge in [-0.05, 0) is 56.6 Å². The third-order valence-corrected chi connectivity index (χ3v) is 6.67. The number of nitrogens with one attached hydrogen (secondary N) is 2. The van der Waals surface area contributed by atoms with E-state index in [0.29, 0.717) is 12.7 Å². The lowest BCUT2D eigenvalue weighted by molar-refractivity contribution is -0.0189. The second-order valence-corrected chi connectivity index (χ2v) is 9.17. The van der Waals surface area contributed by atoms with Gasteiger partial charge in [0.2, 0.25) is 0 Å². The summed E-state index contributed by atoms with van der Waals surface area (Å²) in [6, 6.07) is 10.0. The lowest BCUT2D eigenvalue weighted by atomic mass is 9.89. The second-order valence-electron chi connectivity index (χ2n) is 8.07. The molecule has 0 spiro atoms. The van der Waals surface area contributed by atoms with Gasteiger partial charge in [0.15, 0.2) is 0 Å². The van der Waals surface area contributed by atoms with Crippen molar-refractivity contribution in [1.82, 2.24) is 9.62 Å². The Labute approximate surface area is 174 Å². The minimum Gasteiger partial charge on any atom is -0.376 e. The number of likely N-dealkylation sites (tertiary alicyclic amines) is 1. The van der Waals surface area contributed by atoms with Crippen molar-refractivity contribution in [3.05, 3.63) is 30.3 Å². The topological polar surface area (TPSA) is 53.6 Å². The molecule has 0 bridgehead atoms. The van der Waals surface area contributed by atoms with Crippen molar-refractivity contribution in [2.24, 2.45) is 5.92 Å². The highest BCUT2D eigenvalue weighted by molar-refractivity contribution is 7.97. The Morgan fingerprint density at radius 3 is 2.64 bits per heavy atom. The molecule has 1 heterocycles. The highest BCUT2D eigenvalue weighted by atomic mass is 32.2. The van der Waals surface area contributed by atoms with Gasteiger partial charge in [0.05, 0.1) is 18.8 Å². The lowest BCUT2D eigenvalue weighted by Gasteiger charge is -2.42. The predicted octanol–water partition coefficient (Wildman–Crippen LogP) is 4.90. The quantitative estimate of drug-likeness (QED) is 0.633. The van der Waals surface area contributed by atoms with E-state index in [9.17, 15) is 4.79 Å². The van der Waals surface area contributed by atoms with Gasteiger partial charge in [-0.1, -0.05) is 44.0 Å². The number of anilines is 1. The van der Waals surface area contributed by atoms with Gasteiger partial charge in [0.25, 0.3) is 0 Å². The highest BCUT2D eigenvalue weighted by Gasteiger charge is 2.35. The molecule has 1 aliphatic heterocycles. The molecule has 1 saturated carbocycles. The molecular formula is C22H35N3O2S. The van der Waals surface area contributed by atoms with Gasteiger partial charge in [-0.25, -0.2) is 4.79 Å². The number of nitrogens with zero attached hydrogens (tertiary/aromatic N) is 1. The van der Waals surface area contributed by atoms with Crippen molar-refractivity contribution in [1.29, 1.82) is 0 Å². The molecule has 2 fully saturated rings. The zero-order valence-corrected chi connectivity index (χ0v) is 18.0. The average Bonchev–Trinajstić information content (AvgIpc) is 2.72. The van der Waals surface area contributed by atoms with E-state index in [-0.39, 0.29) is 18.1 Å². The summed E-state index contributed by atoms with van der Waals surface area (Å²) in [5.74, 6) is 1.83. The molecule has 2 aliphatic rings. The third kappa shape index (κ3) is 6.13. The number of carbonyl (C=O) groups is 1. The summed E-state index contributed by atoms with van der Waals surface area (Å²) < 4.78 is 9.92. The molecule has 1 aliphatic carbocycles. The summed E-state index contributed by atoms with van der Waals surface area (Å²) in [6.07, 6.45) is 7.23. The lowest BCUT2D eigenvalue weighted by Crippen LogP contribution is -2.58. The molecule has 1 saturated heterocycles. The van der Waals surface area contributed by atoms with Crippen molar-refractivity contribution in [3.8, 4) is 0 Å². The maximum atomic E-state index is 13.0. The molecule has 1 aromatic carbocycles. The van der Waals surface area contributed by atoms with Crippen molar-refractivity contribution in [3.63, 3.8) is 0 Å². The van der Waals surface area contributed by atoms with Crippen LogP contribution < -0.4 is 10.0 Å². The van der Waals surface area contributed by atoms with Crippen molar-refractivity contribution < 1.29 is 9.53 Å². The average molecular weight is 406 g/mol. The Morgan fingerprint density at radius 2 is 1.93 bits per heavy atom. The first-order valence-corrected chi connectivity index (χ1v) is 11.8. The van der Waals surface area contributed by atoms with Crippen molar-refractivity contribution >= 4 is 23.7 Å². The number of piperidine rings is 1. The van der Waals surface area contributed by atoms with E-state index in [1.54, 1.807) is 11.9 Å². The second kappa shape index (κ2) is 11.1. The molecular weight excluding hydrogens is 370 g/mol.